The Bertz CT molecular complexity index is 662. The highest BCUT2D eigenvalue weighted by Gasteiger charge is 2.38. The molecule has 22 heavy (non-hydrogen) atoms. The molecule has 1 aliphatic rings. The maximum absolute atomic E-state index is 12.8. The van der Waals surface area contributed by atoms with E-state index in [9.17, 15) is 8.42 Å². The summed E-state index contributed by atoms with van der Waals surface area (Å²) in [6, 6.07) is 6.83. The first-order valence-electron chi connectivity index (χ1n) is 7.15. The van der Waals surface area contributed by atoms with Gasteiger partial charge in [0.1, 0.15) is 17.5 Å². The average Bonchev–Trinajstić information content (AvgIpc) is 2.47. The third-order valence-corrected chi connectivity index (χ3v) is 5.67. The molecule has 1 aromatic rings. The van der Waals surface area contributed by atoms with Crippen molar-refractivity contribution in [1.29, 1.82) is 0 Å². The Hall–Kier alpha value is -1.53. The average molecular weight is 325 g/mol. The Labute approximate surface area is 132 Å². The van der Waals surface area contributed by atoms with Crippen molar-refractivity contribution in [2.24, 2.45) is 0 Å². The number of methoxy groups -OCH3 is 1. The molecule has 1 aliphatic heterocycles. The molecule has 0 fully saturated rings. The van der Waals surface area contributed by atoms with Gasteiger partial charge in [0.15, 0.2) is 0 Å². The van der Waals surface area contributed by atoms with Gasteiger partial charge in [-0.3, -0.25) is 4.31 Å². The number of rotatable bonds is 4. The molecule has 122 valence electrons. The molecule has 1 atom stereocenters. The first kappa shape index (κ1) is 16.8. The van der Waals surface area contributed by atoms with E-state index in [2.05, 4.69) is 0 Å². The Morgan fingerprint density at radius 2 is 1.82 bits per heavy atom. The van der Waals surface area contributed by atoms with E-state index in [1.54, 1.807) is 38.3 Å². The van der Waals surface area contributed by atoms with E-state index in [1.165, 1.54) is 10.5 Å². The van der Waals surface area contributed by atoms with E-state index in [4.69, 9.17) is 9.47 Å². The molecular formula is C16H23NO4S. The number of aryl methyl sites for hydroxylation is 1. The van der Waals surface area contributed by atoms with Gasteiger partial charge in [-0.05, 0) is 39.8 Å². The van der Waals surface area contributed by atoms with Gasteiger partial charge in [0, 0.05) is 7.11 Å². The maximum atomic E-state index is 12.8. The van der Waals surface area contributed by atoms with Gasteiger partial charge in [-0.1, -0.05) is 17.7 Å². The van der Waals surface area contributed by atoms with Crippen LogP contribution in [0.3, 0.4) is 0 Å². The van der Waals surface area contributed by atoms with Crippen molar-refractivity contribution in [2.45, 2.75) is 44.3 Å². The number of sulfonamides is 1. The lowest BCUT2D eigenvalue weighted by molar-refractivity contribution is -0.0985. The van der Waals surface area contributed by atoms with Gasteiger partial charge in [-0.25, -0.2) is 8.42 Å². The number of benzene rings is 1. The second kappa shape index (κ2) is 5.93. The van der Waals surface area contributed by atoms with Gasteiger partial charge >= 0.3 is 0 Å². The smallest absolute Gasteiger partial charge is 0.264 e. The fraction of sp³-hybridized carbons (Fsp3) is 0.500. The SMILES string of the molecule is COC(C)(C)C1CN(S(=O)(=O)c2ccc(C)cc2)C=C(C)O1. The van der Waals surface area contributed by atoms with Gasteiger partial charge in [-0.15, -0.1) is 0 Å². The quantitative estimate of drug-likeness (QED) is 0.854. The second-order valence-electron chi connectivity index (χ2n) is 6.04. The molecular weight excluding hydrogens is 302 g/mol. The number of ether oxygens (including phenoxy) is 2. The fourth-order valence-corrected chi connectivity index (χ4v) is 3.59. The van der Waals surface area contributed by atoms with Crippen molar-refractivity contribution in [3.63, 3.8) is 0 Å². The molecule has 1 aromatic carbocycles. The van der Waals surface area contributed by atoms with Crippen LogP contribution in [0.1, 0.15) is 26.3 Å². The van der Waals surface area contributed by atoms with Crippen molar-refractivity contribution in [3.8, 4) is 0 Å². The standard InChI is InChI=1S/C16H23NO4S/c1-12-6-8-14(9-7-12)22(18,19)17-10-13(2)21-15(11-17)16(3,4)20-5/h6-10,15H,11H2,1-5H3. The number of allylic oxidation sites excluding steroid dienone is 1. The zero-order chi connectivity index (χ0) is 16.5. The van der Waals surface area contributed by atoms with Crippen LogP contribution in [-0.4, -0.2) is 38.1 Å². The molecule has 1 heterocycles. The lowest BCUT2D eigenvalue weighted by atomic mass is 10.0. The summed E-state index contributed by atoms with van der Waals surface area (Å²) in [4.78, 5) is 0.276. The van der Waals surface area contributed by atoms with Crippen molar-refractivity contribution >= 4 is 10.0 Å². The molecule has 0 radical (unpaired) electrons. The van der Waals surface area contributed by atoms with Crippen LogP contribution >= 0.6 is 0 Å². The predicted octanol–water partition coefficient (Wildman–Crippen LogP) is 2.67. The van der Waals surface area contributed by atoms with Crippen LogP contribution in [0.2, 0.25) is 0 Å². The summed E-state index contributed by atoms with van der Waals surface area (Å²) in [5, 5.41) is 0. The summed E-state index contributed by atoms with van der Waals surface area (Å²) in [7, 11) is -2.00. The van der Waals surface area contributed by atoms with Gasteiger partial charge < -0.3 is 9.47 Å². The van der Waals surface area contributed by atoms with E-state index in [1.807, 2.05) is 20.8 Å². The number of hydrogen-bond donors (Lipinski definition) is 0. The Kier molecular flexibility index (Phi) is 4.54. The molecule has 0 amide bonds. The first-order valence-corrected chi connectivity index (χ1v) is 8.59. The second-order valence-corrected chi connectivity index (χ2v) is 7.93. The summed E-state index contributed by atoms with van der Waals surface area (Å²) in [6.07, 6.45) is 1.15. The van der Waals surface area contributed by atoms with E-state index in [-0.39, 0.29) is 17.5 Å². The molecule has 0 saturated carbocycles. The topological polar surface area (TPSA) is 55.8 Å². The van der Waals surface area contributed by atoms with Crippen molar-refractivity contribution < 1.29 is 17.9 Å². The van der Waals surface area contributed by atoms with E-state index in [0.29, 0.717) is 5.76 Å². The summed E-state index contributed by atoms with van der Waals surface area (Å²) >= 11 is 0. The monoisotopic (exact) mass is 325 g/mol. The lowest BCUT2D eigenvalue weighted by Gasteiger charge is -2.39. The minimum atomic E-state index is -3.59. The van der Waals surface area contributed by atoms with Crippen LogP contribution in [-0.2, 0) is 19.5 Å². The summed E-state index contributed by atoms with van der Waals surface area (Å²) in [5.41, 5.74) is 0.433. The van der Waals surface area contributed by atoms with Crippen molar-refractivity contribution in [1.82, 2.24) is 4.31 Å². The van der Waals surface area contributed by atoms with Crippen molar-refractivity contribution in [3.05, 3.63) is 41.8 Å². The molecule has 0 N–H and O–H groups in total. The Balaban J connectivity index is 2.34. The number of nitrogens with zero attached hydrogens (tertiary/aromatic N) is 1. The normalized spacial score (nSPS) is 19.6. The van der Waals surface area contributed by atoms with Crippen LogP contribution in [0.5, 0.6) is 0 Å². The van der Waals surface area contributed by atoms with Gasteiger partial charge in [0.25, 0.3) is 10.0 Å². The van der Waals surface area contributed by atoms with Crippen LogP contribution in [0.4, 0.5) is 0 Å². The summed E-state index contributed by atoms with van der Waals surface area (Å²) < 4.78 is 38.1. The molecule has 0 spiro atoms. The van der Waals surface area contributed by atoms with Gasteiger partial charge in [0.05, 0.1) is 17.6 Å². The Morgan fingerprint density at radius 1 is 1.23 bits per heavy atom. The first-order chi connectivity index (χ1) is 10.2. The molecule has 6 heteroatoms. The van der Waals surface area contributed by atoms with E-state index in [0.717, 1.165) is 5.56 Å². The zero-order valence-corrected chi connectivity index (χ0v) is 14.5. The molecule has 0 saturated heterocycles. The number of hydrogen-bond acceptors (Lipinski definition) is 4. The highest BCUT2D eigenvalue weighted by Crippen LogP contribution is 2.28. The van der Waals surface area contributed by atoms with Crippen LogP contribution in [0.25, 0.3) is 0 Å². The fourth-order valence-electron chi connectivity index (χ4n) is 2.22. The molecule has 2 rings (SSSR count). The third-order valence-electron chi connectivity index (χ3n) is 3.93. The zero-order valence-electron chi connectivity index (χ0n) is 13.7. The molecule has 1 unspecified atom stereocenters. The van der Waals surface area contributed by atoms with Gasteiger partial charge in [0.2, 0.25) is 0 Å². The summed E-state index contributed by atoms with van der Waals surface area (Å²) in [5.74, 6) is 0.553. The van der Waals surface area contributed by atoms with Gasteiger partial charge in [-0.2, -0.15) is 0 Å². The van der Waals surface area contributed by atoms with Crippen molar-refractivity contribution in [2.75, 3.05) is 13.7 Å². The van der Waals surface area contributed by atoms with E-state index >= 15 is 0 Å². The van der Waals surface area contributed by atoms with E-state index < -0.39 is 15.6 Å². The third kappa shape index (κ3) is 3.28. The minimum absolute atomic E-state index is 0.217. The molecule has 5 nitrogen and oxygen atoms in total. The summed E-state index contributed by atoms with van der Waals surface area (Å²) in [6.45, 7) is 7.65. The van der Waals surface area contributed by atoms with Crippen LogP contribution in [0.15, 0.2) is 41.1 Å². The highest BCUT2D eigenvalue weighted by molar-refractivity contribution is 7.89. The molecule has 0 bridgehead atoms. The lowest BCUT2D eigenvalue weighted by Crippen LogP contribution is -2.49. The largest absolute Gasteiger partial charge is 0.489 e. The Morgan fingerprint density at radius 3 is 2.36 bits per heavy atom. The maximum Gasteiger partial charge on any atom is 0.264 e. The molecule has 0 aliphatic carbocycles. The molecule has 0 aromatic heterocycles. The highest BCUT2D eigenvalue weighted by atomic mass is 32.2. The van der Waals surface area contributed by atoms with Crippen LogP contribution < -0.4 is 0 Å². The predicted molar refractivity (Wildman–Crippen MR) is 84.8 cm³/mol. The minimum Gasteiger partial charge on any atom is -0.489 e. The van der Waals surface area contributed by atoms with Crippen LogP contribution in [0, 0.1) is 6.92 Å².